The average Bonchev–Trinajstić information content (AvgIpc) is 2.99. The highest BCUT2D eigenvalue weighted by Gasteiger charge is 2.29. The van der Waals surface area contributed by atoms with E-state index in [1.807, 2.05) is 36.4 Å². The van der Waals surface area contributed by atoms with Gasteiger partial charge in [-0.3, -0.25) is 9.62 Å². The van der Waals surface area contributed by atoms with Gasteiger partial charge in [0.15, 0.2) is 0 Å². The molecule has 2 aliphatic rings. The first-order valence-electron chi connectivity index (χ1n) is 14.5. The lowest BCUT2D eigenvalue weighted by Gasteiger charge is -2.39. The third-order valence-electron chi connectivity index (χ3n) is 7.93. The molecule has 44 heavy (non-hydrogen) atoms. The quantitative estimate of drug-likeness (QED) is 0.182. The van der Waals surface area contributed by atoms with E-state index in [2.05, 4.69) is 9.62 Å². The van der Waals surface area contributed by atoms with Gasteiger partial charge in [0.25, 0.3) is 0 Å². The minimum atomic E-state index is -2.89. The number of carbonyl (C=O) groups is 1. The SMILES string of the molecule is Nc1cc(CN(CCN2Cc3ccc(F)cc3CC2CC2=CC=C(F)CC2)C(=O)OCc2ccccc2)cc(N[SH](=O)=O)c1. The van der Waals surface area contributed by atoms with Crippen LogP contribution >= 0.6 is 0 Å². The van der Waals surface area contributed by atoms with Crippen LogP contribution in [0.3, 0.4) is 0 Å². The van der Waals surface area contributed by atoms with Crippen LogP contribution in [0.5, 0.6) is 0 Å². The van der Waals surface area contributed by atoms with Gasteiger partial charge in [0.2, 0.25) is 10.9 Å². The number of benzene rings is 3. The van der Waals surface area contributed by atoms with E-state index in [0.29, 0.717) is 62.3 Å². The first-order chi connectivity index (χ1) is 21.2. The molecule has 232 valence electrons. The van der Waals surface area contributed by atoms with Crippen molar-refractivity contribution in [1.29, 1.82) is 0 Å². The molecule has 0 radical (unpaired) electrons. The highest BCUT2D eigenvalue weighted by Crippen LogP contribution is 2.31. The lowest BCUT2D eigenvalue weighted by Crippen LogP contribution is -2.45. The Morgan fingerprint density at radius 1 is 1.00 bits per heavy atom. The molecule has 1 aliphatic heterocycles. The fourth-order valence-electron chi connectivity index (χ4n) is 5.75. The molecule has 5 rings (SSSR count). The number of hydrogen-bond donors (Lipinski definition) is 3. The molecule has 1 atom stereocenters. The maximum Gasteiger partial charge on any atom is 0.410 e. The molecule has 1 aliphatic carbocycles. The van der Waals surface area contributed by atoms with Crippen LogP contribution < -0.4 is 10.5 Å². The summed E-state index contributed by atoms with van der Waals surface area (Å²) < 4.78 is 58.4. The van der Waals surface area contributed by atoms with Gasteiger partial charge < -0.3 is 15.4 Å². The molecule has 0 aromatic heterocycles. The molecular formula is C33H36F2N4O4S. The van der Waals surface area contributed by atoms with E-state index in [1.54, 1.807) is 29.2 Å². The smallest absolute Gasteiger partial charge is 0.410 e. The number of halogens is 2. The zero-order chi connectivity index (χ0) is 31.1. The number of carbonyl (C=O) groups excluding carboxylic acids is 1. The van der Waals surface area contributed by atoms with Crippen molar-refractivity contribution in [2.45, 2.75) is 51.4 Å². The Hall–Kier alpha value is -4.22. The molecule has 3 N–H and O–H groups in total. The first-order valence-corrected chi connectivity index (χ1v) is 15.7. The lowest BCUT2D eigenvalue weighted by molar-refractivity contribution is 0.0818. The van der Waals surface area contributed by atoms with E-state index in [4.69, 9.17) is 10.5 Å². The van der Waals surface area contributed by atoms with Crippen molar-refractivity contribution in [2.24, 2.45) is 0 Å². The van der Waals surface area contributed by atoms with Gasteiger partial charge in [0, 0.05) is 44.3 Å². The van der Waals surface area contributed by atoms with Crippen molar-refractivity contribution in [3.8, 4) is 0 Å². The highest BCUT2D eigenvalue weighted by atomic mass is 32.2. The molecule has 1 unspecified atom stereocenters. The number of allylic oxidation sites excluding steroid dienone is 3. The summed E-state index contributed by atoms with van der Waals surface area (Å²) >= 11 is 0. The zero-order valence-corrected chi connectivity index (χ0v) is 25.1. The van der Waals surface area contributed by atoms with Crippen LogP contribution in [0.15, 0.2) is 90.3 Å². The topological polar surface area (TPSA) is 105 Å². The van der Waals surface area contributed by atoms with Crippen molar-refractivity contribution < 1.29 is 26.7 Å². The number of nitrogens with zero attached hydrogens (tertiary/aromatic N) is 2. The second-order valence-corrected chi connectivity index (χ2v) is 11.9. The van der Waals surface area contributed by atoms with Crippen molar-refractivity contribution >= 4 is 28.4 Å². The second-order valence-electron chi connectivity index (χ2n) is 11.2. The van der Waals surface area contributed by atoms with Crippen LogP contribution in [0.1, 0.15) is 41.5 Å². The van der Waals surface area contributed by atoms with Crippen LogP contribution in [-0.4, -0.2) is 43.4 Å². The van der Waals surface area contributed by atoms with Gasteiger partial charge in [-0.05, 0) is 77.9 Å². The molecule has 11 heteroatoms. The Morgan fingerprint density at radius 3 is 2.57 bits per heavy atom. The average molecular weight is 623 g/mol. The number of nitrogens with two attached hydrogens (primary N) is 1. The summed E-state index contributed by atoms with van der Waals surface area (Å²) in [5.74, 6) is -0.406. The number of hydrogen-bond acceptors (Lipinski definition) is 6. The van der Waals surface area contributed by atoms with Crippen molar-refractivity contribution in [3.05, 3.63) is 118 Å². The van der Waals surface area contributed by atoms with Gasteiger partial charge in [-0.25, -0.2) is 22.0 Å². The second kappa shape index (κ2) is 14.5. The van der Waals surface area contributed by atoms with Gasteiger partial charge in [-0.15, -0.1) is 0 Å². The van der Waals surface area contributed by atoms with Crippen molar-refractivity contribution in [1.82, 2.24) is 9.80 Å². The van der Waals surface area contributed by atoms with Gasteiger partial charge >= 0.3 is 6.09 Å². The van der Waals surface area contributed by atoms with E-state index in [0.717, 1.165) is 22.3 Å². The van der Waals surface area contributed by atoms with Gasteiger partial charge in [0.1, 0.15) is 18.3 Å². The van der Waals surface area contributed by atoms with Crippen LogP contribution in [0.25, 0.3) is 0 Å². The molecule has 1 amide bonds. The van der Waals surface area contributed by atoms with Crippen LogP contribution in [-0.2, 0) is 41.7 Å². The molecule has 0 saturated carbocycles. The monoisotopic (exact) mass is 622 g/mol. The number of fused-ring (bicyclic) bond motifs is 1. The van der Waals surface area contributed by atoms with E-state index >= 15 is 0 Å². The molecule has 8 nitrogen and oxygen atoms in total. The summed E-state index contributed by atoms with van der Waals surface area (Å²) in [6, 6.07) is 19.1. The predicted octanol–water partition coefficient (Wildman–Crippen LogP) is 5.88. The standard InChI is InChI=1S/C33H36F2N4O4S/c34-28-9-6-23(7-10-28)16-32-18-27-17-29(35)11-8-26(27)21-38(32)12-13-39(33(40)43-22-24-4-2-1-3-5-24)20-25-14-30(36)19-31(15-25)37-44(41)42/h1-6,8-9,11,14-15,17,19,32,44H,7,10,12-13,16,18,20-22,36H2,(H,37,41,42). The van der Waals surface area contributed by atoms with E-state index in [1.165, 1.54) is 18.2 Å². The maximum absolute atomic E-state index is 14.1. The fraction of sp³-hybridized carbons (Fsp3) is 0.303. The van der Waals surface area contributed by atoms with Gasteiger partial charge in [-0.1, -0.05) is 48.0 Å². The number of nitrogen functional groups attached to an aromatic ring is 1. The van der Waals surface area contributed by atoms with Crippen molar-refractivity contribution in [2.75, 3.05) is 23.5 Å². The van der Waals surface area contributed by atoms with Gasteiger partial charge in [-0.2, -0.15) is 0 Å². The highest BCUT2D eigenvalue weighted by molar-refractivity contribution is 7.73. The number of nitrogens with one attached hydrogen (secondary N) is 1. The molecule has 3 aromatic carbocycles. The number of thiol groups is 1. The minimum Gasteiger partial charge on any atom is -0.445 e. The summed E-state index contributed by atoms with van der Waals surface area (Å²) in [5.41, 5.74) is 11.3. The van der Waals surface area contributed by atoms with Crippen LogP contribution in [0.2, 0.25) is 0 Å². The number of amides is 1. The number of anilines is 2. The first kappa shape index (κ1) is 31.2. The van der Waals surface area contributed by atoms with E-state index in [-0.39, 0.29) is 30.8 Å². The molecule has 0 saturated heterocycles. The fourth-order valence-corrected chi connectivity index (χ4v) is 6.09. The van der Waals surface area contributed by atoms with Crippen LogP contribution in [0.4, 0.5) is 25.0 Å². The van der Waals surface area contributed by atoms with Gasteiger partial charge in [0.05, 0.1) is 5.69 Å². The maximum atomic E-state index is 14.1. The number of ether oxygens (including phenoxy) is 1. The van der Waals surface area contributed by atoms with Crippen LogP contribution in [0, 0.1) is 5.82 Å². The Morgan fingerprint density at radius 2 is 1.82 bits per heavy atom. The Kier molecular flexibility index (Phi) is 10.3. The van der Waals surface area contributed by atoms with Crippen molar-refractivity contribution in [3.63, 3.8) is 0 Å². The van der Waals surface area contributed by atoms with E-state index < -0.39 is 17.0 Å². The summed E-state index contributed by atoms with van der Waals surface area (Å²) in [5, 5.41) is 0. The molecule has 1 heterocycles. The largest absolute Gasteiger partial charge is 0.445 e. The molecule has 0 spiro atoms. The predicted molar refractivity (Wildman–Crippen MR) is 167 cm³/mol. The number of rotatable bonds is 11. The zero-order valence-electron chi connectivity index (χ0n) is 24.3. The Bertz CT molecular complexity index is 1620. The molecular weight excluding hydrogens is 586 g/mol. The Labute approximate surface area is 257 Å². The Balaban J connectivity index is 1.36. The summed E-state index contributed by atoms with van der Waals surface area (Å²) in [6.45, 7) is 1.62. The third kappa shape index (κ3) is 8.67. The molecule has 0 fully saturated rings. The summed E-state index contributed by atoms with van der Waals surface area (Å²) in [6.07, 6.45) is 5.19. The lowest BCUT2D eigenvalue weighted by atomic mass is 9.88. The normalized spacial score (nSPS) is 16.6. The summed E-state index contributed by atoms with van der Waals surface area (Å²) in [7, 11) is -2.89. The third-order valence-corrected chi connectivity index (χ3v) is 8.37. The summed E-state index contributed by atoms with van der Waals surface area (Å²) in [4.78, 5) is 17.3. The van der Waals surface area contributed by atoms with E-state index in [9.17, 15) is 22.0 Å². The molecule has 3 aromatic rings. The minimum absolute atomic E-state index is 0.0313. The molecule has 0 bridgehead atoms.